The van der Waals surface area contributed by atoms with Gasteiger partial charge in [0.05, 0.1) is 54.2 Å². The third-order valence-electron chi connectivity index (χ3n) is 13.0. The number of benzene rings is 3. The maximum atomic E-state index is 13.9. The molecule has 63 heavy (non-hydrogen) atoms. The molecule has 0 spiro atoms. The van der Waals surface area contributed by atoms with Crippen LogP contribution in [-0.4, -0.2) is 79.7 Å². The van der Waals surface area contributed by atoms with Crippen molar-refractivity contribution in [2.24, 2.45) is 5.92 Å². The molecule has 3 aliphatic heterocycles. The lowest BCUT2D eigenvalue weighted by Gasteiger charge is -2.34. The Labute approximate surface area is 371 Å². The second kappa shape index (κ2) is 17.4. The van der Waals surface area contributed by atoms with E-state index in [0.717, 1.165) is 72.5 Å². The van der Waals surface area contributed by atoms with Crippen molar-refractivity contribution in [2.75, 3.05) is 25.1 Å². The minimum atomic E-state index is -0.692. The second-order valence-electron chi connectivity index (χ2n) is 19.9. The number of rotatable bonds is 9. The molecule has 2 aromatic heterocycles. The first-order chi connectivity index (χ1) is 30.0. The van der Waals surface area contributed by atoms with Gasteiger partial charge < -0.3 is 34.6 Å². The van der Waals surface area contributed by atoms with Crippen molar-refractivity contribution in [3.05, 3.63) is 101 Å². The Morgan fingerprint density at radius 2 is 1.40 bits per heavy atom. The number of ether oxygens (including phenoxy) is 2. The van der Waals surface area contributed by atoms with Crippen molar-refractivity contribution in [3.8, 4) is 11.3 Å². The number of alkyl carbamates (subject to hydrolysis) is 1. The molecule has 3 aliphatic rings. The summed E-state index contributed by atoms with van der Waals surface area (Å²) in [5.41, 5.74) is 8.15. The van der Waals surface area contributed by atoms with E-state index in [-0.39, 0.29) is 47.5 Å². The van der Waals surface area contributed by atoms with Gasteiger partial charge in [0.2, 0.25) is 5.91 Å². The predicted octanol–water partition coefficient (Wildman–Crippen LogP) is 10.4. The smallest absolute Gasteiger partial charge is 0.410 e. The summed E-state index contributed by atoms with van der Waals surface area (Å²) >= 11 is 0. The van der Waals surface area contributed by atoms with Gasteiger partial charge in [-0.2, -0.15) is 0 Å². The van der Waals surface area contributed by atoms with Gasteiger partial charge in [0.25, 0.3) is 0 Å². The number of amides is 3. The molecule has 5 atom stereocenters. The van der Waals surface area contributed by atoms with Crippen molar-refractivity contribution in [1.29, 1.82) is 0 Å². The average molecular weight is 857 g/mol. The van der Waals surface area contributed by atoms with Crippen LogP contribution < -0.4 is 10.2 Å². The molecular weight excluding hydrogens is 793 g/mol. The van der Waals surface area contributed by atoms with Gasteiger partial charge >= 0.3 is 12.2 Å². The number of nitrogens with one attached hydrogen (secondary N) is 3. The number of aromatic nitrogens is 4. The van der Waals surface area contributed by atoms with E-state index in [2.05, 4.69) is 108 Å². The third kappa shape index (κ3) is 9.15. The lowest BCUT2D eigenvalue weighted by Crippen LogP contribution is -2.51. The molecule has 4 unspecified atom stereocenters. The lowest BCUT2D eigenvalue weighted by molar-refractivity contribution is -0.135. The molecule has 0 bridgehead atoms. The van der Waals surface area contributed by atoms with Crippen molar-refractivity contribution in [2.45, 2.75) is 135 Å². The van der Waals surface area contributed by atoms with Crippen LogP contribution in [0.1, 0.15) is 146 Å². The van der Waals surface area contributed by atoms with Gasteiger partial charge in [-0.3, -0.25) is 9.69 Å². The molecule has 3 fully saturated rings. The standard InChI is InChI=1S/C50H64N8O5/c1-30(2)43(55-47(60)62-9)46(59)56-26-10-13-42(56)45-52-36-23-18-33(28-37(36)53-45)40-25-24-39(58(40)35-21-19-34(20-22-35)49(3,4)5)32-16-14-31(15-17-32)38-29-51-44(54-38)41-12-11-27-57(41)48(61)63-50(6,7)8/h14-23,28-30,39-43H,10-13,24-27H2,1-9H3,(H,51,54)(H,52,53)(H,55,60)/t39?,40?,41-,42?,43?/m0/s1. The van der Waals surface area contributed by atoms with Crippen molar-refractivity contribution < 1.29 is 23.9 Å². The number of nitrogens with zero attached hydrogens (tertiary/aromatic N) is 5. The summed E-state index contributed by atoms with van der Waals surface area (Å²) in [6, 6.07) is 23.6. The van der Waals surface area contributed by atoms with Gasteiger partial charge in [0, 0.05) is 18.8 Å². The molecule has 5 heterocycles. The molecule has 13 heteroatoms. The van der Waals surface area contributed by atoms with E-state index in [1.807, 2.05) is 45.7 Å². The van der Waals surface area contributed by atoms with Crippen LogP contribution in [0.5, 0.6) is 0 Å². The van der Waals surface area contributed by atoms with Crippen LogP contribution in [0.3, 0.4) is 0 Å². The van der Waals surface area contributed by atoms with Crippen LogP contribution in [0.15, 0.2) is 72.9 Å². The van der Waals surface area contributed by atoms with Crippen LogP contribution in [-0.2, 0) is 19.7 Å². The van der Waals surface area contributed by atoms with E-state index in [1.165, 1.54) is 29.5 Å². The highest BCUT2D eigenvalue weighted by molar-refractivity contribution is 5.86. The van der Waals surface area contributed by atoms with E-state index in [4.69, 9.17) is 19.4 Å². The number of carbonyl (C=O) groups excluding carboxylic acids is 3. The quantitative estimate of drug-likeness (QED) is 0.133. The largest absolute Gasteiger partial charge is 0.453 e. The Hall–Kier alpha value is -5.85. The highest BCUT2D eigenvalue weighted by Gasteiger charge is 2.39. The molecule has 3 N–H and O–H groups in total. The average Bonchev–Trinajstić information content (AvgIpc) is 4.10. The zero-order chi connectivity index (χ0) is 44.8. The Morgan fingerprint density at radius 3 is 2.03 bits per heavy atom. The zero-order valence-electron chi connectivity index (χ0n) is 38.3. The summed E-state index contributed by atoms with van der Waals surface area (Å²) in [7, 11) is 1.31. The monoisotopic (exact) mass is 856 g/mol. The molecular formula is C50H64N8O5. The van der Waals surface area contributed by atoms with E-state index in [9.17, 15) is 14.4 Å². The molecule has 0 saturated carbocycles. The summed E-state index contributed by atoms with van der Waals surface area (Å²) < 4.78 is 10.5. The number of aromatic amines is 2. The molecule has 3 aromatic carbocycles. The first-order valence-corrected chi connectivity index (χ1v) is 22.7. The minimum absolute atomic E-state index is 0.0346. The minimum Gasteiger partial charge on any atom is -0.453 e. The SMILES string of the molecule is COC(=O)NC(C(=O)N1CCCC1c1nc2ccc(C3CCC(c4ccc(-c5cnc([C@@H]6CCCN6C(=O)OC(C)(C)C)[nH]5)cc4)N3c3ccc(C(C)(C)C)cc3)cc2[nH]1)C(C)C. The van der Waals surface area contributed by atoms with Gasteiger partial charge in [-0.25, -0.2) is 19.6 Å². The summed E-state index contributed by atoms with van der Waals surface area (Å²) in [4.78, 5) is 62.2. The number of hydrogen-bond acceptors (Lipinski definition) is 8. The number of hydrogen-bond donors (Lipinski definition) is 3. The first-order valence-electron chi connectivity index (χ1n) is 22.7. The van der Waals surface area contributed by atoms with E-state index < -0.39 is 17.7 Å². The van der Waals surface area contributed by atoms with Gasteiger partial charge in [-0.1, -0.05) is 77.1 Å². The second-order valence-corrected chi connectivity index (χ2v) is 19.9. The number of anilines is 1. The Bertz CT molecular complexity index is 2430. The van der Waals surface area contributed by atoms with Crippen LogP contribution in [0.25, 0.3) is 22.3 Å². The molecule has 3 amide bonds. The molecule has 0 aliphatic carbocycles. The van der Waals surface area contributed by atoms with E-state index >= 15 is 0 Å². The van der Waals surface area contributed by atoms with Crippen LogP contribution >= 0.6 is 0 Å². The molecule has 3 saturated heterocycles. The Balaban J connectivity index is 1.05. The normalized spacial score (nSPS) is 21.1. The van der Waals surface area contributed by atoms with Crippen LogP contribution in [0, 0.1) is 5.92 Å². The summed E-state index contributed by atoms with van der Waals surface area (Å²) in [6.07, 6.45) is 6.29. The van der Waals surface area contributed by atoms with Crippen LogP contribution in [0.4, 0.5) is 15.3 Å². The fourth-order valence-electron chi connectivity index (χ4n) is 9.69. The molecule has 5 aromatic rings. The predicted molar refractivity (Wildman–Crippen MR) is 245 cm³/mol. The number of imidazole rings is 2. The lowest BCUT2D eigenvalue weighted by atomic mass is 9.87. The number of carbonyl (C=O) groups is 3. The first kappa shape index (κ1) is 43.8. The Kier molecular flexibility index (Phi) is 12.1. The van der Waals surface area contributed by atoms with Gasteiger partial charge in [0.15, 0.2) is 0 Å². The Morgan fingerprint density at radius 1 is 0.762 bits per heavy atom. The van der Waals surface area contributed by atoms with E-state index in [0.29, 0.717) is 13.1 Å². The summed E-state index contributed by atoms with van der Waals surface area (Å²) in [5, 5.41) is 2.75. The van der Waals surface area contributed by atoms with Gasteiger partial charge in [0.1, 0.15) is 23.3 Å². The fourth-order valence-corrected chi connectivity index (χ4v) is 9.69. The highest BCUT2D eigenvalue weighted by atomic mass is 16.6. The maximum absolute atomic E-state index is 13.9. The molecule has 8 rings (SSSR count). The summed E-state index contributed by atoms with van der Waals surface area (Å²) in [5.74, 6) is 1.31. The maximum Gasteiger partial charge on any atom is 0.410 e. The molecule has 13 nitrogen and oxygen atoms in total. The number of likely N-dealkylation sites (tertiary alicyclic amines) is 2. The number of methoxy groups -OCH3 is 1. The van der Waals surface area contributed by atoms with Crippen LogP contribution in [0.2, 0.25) is 0 Å². The molecule has 0 radical (unpaired) electrons. The third-order valence-corrected chi connectivity index (χ3v) is 13.0. The van der Waals surface area contributed by atoms with Gasteiger partial charge in [-0.05, 0) is 117 Å². The zero-order valence-corrected chi connectivity index (χ0v) is 38.3. The topological polar surface area (TPSA) is 149 Å². The van der Waals surface area contributed by atoms with Crippen molar-refractivity contribution in [3.63, 3.8) is 0 Å². The summed E-state index contributed by atoms with van der Waals surface area (Å²) in [6.45, 7) is 17.5. The number of fused-ring (bicyclic) bond motifs is 1. The molecule has 334 valence electrons. The van der Waals surface area contributed by atoms with Crippen molar-refractivity contribution in [1.82, 2.24) is 35.1 Å². The highest BCUT2D eigenvalue weighted by Crippen LogP contribution is 2.48. The van der Waals surface area contributed by atoms with Gasteiger partial charge in [-0.15, -0.1) is 0 Å². The fraction of sp³-hybridized carbons (Fsp3) is 0.500. The van der Waals surface area contributed by atoms with E-state index in [1.54, 1.807) is 4.90 Å². The van der Waals surface area contributed by atoms with Crippen molar-refractivity contribution >= 4 is 34.8 Å². The number of H-pyrrole nitrogens is 2.